The Balaban J connectivity index is 2.02. The lowest BCUT2D eigenvalue weighted by Gasteiger charge is -2.21. The van der Waals surface area contributed by atoms with E-state index in [0.717, 1.165) is 25.1 Å². The van der Waals surface area contributed by atoms with Crippen molar-refractivity contribution < 1.29 is 9.84 Å². The molecular weight excluding hydrogens is 221 g/mol. The third-order valence-corrected chi connectivity index (χ3v) is 3.80. The number of benzene rings is 1. The lowest BCUT2D eigenvalue weighted by Crippen LogP contribution is -2.30. The summed E-state index contributed by atoms with van der Waals surface area (Å²) in [5.74, 6) is 0.874. The van der Waals surface area contributed by atoms with Crippen LogP contribution in [0.2, 0.25) is 0 Å². The predicted molar refractivity (Wildman–Crippen MR) is 67.5 cm³/mol. The van der Waals surface area contributed by atoms with Crippen LogP contribution in [0.4, 0.5) is 0 Å². The number of hydrogen-bond donors (Lipinski definition) is 1. The molecule has 0 bridgehead atoms. The zero-order chi connectivity index (χ0) is 11.5. The van der Waals surface area contributed by atoms with Crippen molar-refractivity contribution in [3.05, 3.63) is 29.8 Å². The van der Waals surface area contributed by atoms with E-state index >= 15 is 0 Å². The van der Waals surface area contributed by atoms with Gasteiger partial charge in [-0.2, -0.15) is 0 Å². The van der Waals surface area contributed by atoms with Crippen molar-refractivity contribution in [2.75, 3.05) is 13.7 Å². The average molecular weight is 239 g/mol. The molecule has 1 unspecified atom stereocenters. The predicted octanol–water partition coefficient (Wildman–Crippen LogP) is 1.46. The first-order chi connectivity index (χ1) is 7.70. The van der Waals surface area contributed by atoms with Gasteiger partial charge in [-0.1, -0.05) is 21.5 Å². The Bertz CT molecular complexity index is 331. The molecule has 1 saturated heterocycles. The third kappa shape index (κ3) is 2.54. The van der Waals surface area contributed by atoms with Gasteiger partial charge in [-0.25, -0.2) is 0 Å². The summed E-state index contributed by atoms with van der Waals surface area (Å²) in [5.41, 5.74) is 1.24. The molecular formula is C12H18NO2P. The highest BCUT2D eigenvalue weighted by Gasteiger charge is 2.30. The molecule has 1 aliphatic rings. The number of rotatable bonds is 3. The summed E-state index contributed by atoms with van der Waals surface area (Å²) in [6.07, 6.45) is 1.54. The van der Waals surface area contributed by atoms with Crippen LogP contribution in [0.15, 0.2) is 24.3 Å². The van der Waals surface area contributed by atoms with Crippen LogP contribution in [0, 0.1) is 0 Å². The first-order valence-corrected chi connectivity index (χ1v) is 6.04. The van der Waals surface area contributed by atoms with Gasteiger partial charge in [-0.3, -0.25) is 4.67 Å². The maximum atomic E-state index is 9.84. The van der Waals surface area contributed by atoms with Gasteiger partial charge in [0.15, 0.2) is 0 Å². The minimum atomic E-state index is -0.209. The lowest BCUT2D eigenvalue weighted by molar-refractivity contribution is 0.144. The van der Waals surface area contributed by atoms with E-state index in [9.17, 15) is 5.11 Å². The van der Waals surface area contributed by atoms with Gasteiger partial charge in [0, 0.05) is 12.6 Å². The van der Waals surface area contributed by atoms with Crippen molar-refractivity contribution in [1.29, 1.82) is 0 Å². The minimum absolute atomic E-state index is 0.209. The minimum Gasteiger partial charge on any atom is -0.497 e. The zero-order valence-corrected chi connectivity index (χ0v) is 10.6. The third-order valence-electron chi connectivity index (χ3n) is 3.16. The lowest BCUT2D eigenvalue weighted by atomic mass is 10.0. The van der Waals surface area contributed by atoms with E-state index in [1.807, 2.05) is 12.1 Å². The van der Waals surface area contributed by atoms with Crippen molar-refractivity contribution in [3.63, 3.8) is 0 Å². The molecule has 1 fully saturated rings. The summed E-state index contributed by atoms with van der Waals surface area (Å²) in [6.45, 7) is 0.951. The Kier molecular flexibility index (Phi) is 3.80. The summed E-state index contributed by atoms with van der Waals surface area (Å²) >= 11 is 0. The van der Waals surface area contributed by atoms with Gasteiger partial charge >= 0.3 is 0 Å². The molecule has 0 spiro atoms. The first kappa shape index (κ1) is 11.8. The van der Waals surface area contributed by atoms with Crippen molar-refractivity contribution in [1.82, 2.24) is 4.67 Å². The van der Waals surface area contributed by atoms with Crippen LogP contribution in [-0.2, 0) is 6.42 Å². The fraction of sp³-hybridized carbons (Fsp3) is 0.500. The number of nitrogens with zero attached hydrogens (tertiary/aromatic N) is 1. The van der Waals surface area contributed by atoms with Crippen LogP contribution < -0.4 is 4.74 Å². The van der Waals surface area contributed by atoms with Gasteiger partial charge in [-0.15, -0.1) is 0 Å². The van der Waals surface area contributed by atoms with Crippen LogP contribution in [0.1, 0.15) is 12.0 Å². The Morgan fingerprint density at radius 3 is 2.62 bits per heavy atom. The van der Waals surface area contributed by atoms with E-state index in [4.69, 9.17) is 4.74 Å². The molecule has 1 N–H and O–H groups in total. The second kappa shape index (κ2) is 5.13. The molecule has 0 amide bonds. The summed E-state index contributed by atoms with van der Waals surface area (Å²) < 4.78 is 7.27. The average Bonchev–Trinajstić information content (AvgIpc) is 2.62. The normalized spacial score (nSPS) is 25.9. The number of aliphatic hydroxyl groups is 1. The Morgan fingerprint density at radius 1 is 1.44 bits per heavy atom. The van der Waals surface area contributed by atoms with Crippen LogP contribution in [0.3, 0.4) is 0 Å². The standard InChI is InChI=1S/C12H18NO2P/c1-15-10-4-2-9(3-5-10)8-11-12(14)6-7-13(11)16/h2-5,11-12,14H,6-8,16H2,1H3/t11-,12+/m1/s1. The van der Waals surface area contributed by atoms with E-state index in [1.54, 1.807) is 7.11 Å². The topological polar surface area (TPSA) is 32.7 Å². The summed E-state index contributed by atoms with van der Waals surface area (Å²) in [4.78, 5) is 0. The van der Waals surface area contributed by atoms with Gasteiger partial charge in [0.25, 0.3) is 0 Å². The molecule has 0 radical (unpaired) electrons. The maximum Gasteiger partial charge on any atom is 0.118 e. The smallest absolute Gasteiger partial charge is 0.118 e. The van der Waals surface area contributed by atoms with E-state index in [-0.39, 0.29) is 12.1 Å². The Labute approximate surface area is 98.7 Å². The second-order valence-corrected chi connectivity index (χ2v) is 4.88. The van der Waals surface area contributed by atoms with Crippen LogP contribution >= 0.6 is 9.39 Å². The molecule has 88 valence electrons. The molecule has 0 aromatic heterocycles. The highest BCUT2D eigenvalue weighted by Crippen LogP contribution is 2.25. The quantitative estimate of drug-likeness (QED) is 0.811. The number of methoxy groups -OCH3 is 1. The molecule has 1 heterocycles. The van der Waals surface area contributed by atoms with E-state index in [2.05, 4.69) is 26.2 Å². The molecule has 0 aliphatic carbocycles. The van der Waals surface area contributed by atoms with Gasteiger partial charge in [0.05, 0.1) is 13.2 Å². The van der Waals surface area contributed by atoms with E-state index in [1.165, 1.54) is 5.56 Å². The Morgan fingerprint density at radius 2 is 2.12 bits per heavy atom. The van der Waals surface area contributed by atoms with E-state index < -0.39 is 0 Å². The highest BCUT2D eigenvalue weighted by atomic mass is 31.0. The molecule has 0 saturated carbocycles. The van der Waals surface area contributed by atoms with Crippen molar-refractivity contribution >= 4 is 9.39 Å². The van der Waals surface area contributed by atoms with Gasteiger partial charge in [0.2, 0.25) is 0 Å². The van der Waals surface area contributed by atoms with Crippen molar-refractivity contribution in [2.45, 2.75) is 25.0 Å². The second-order valence-electron chi connectivity index (χ2n) is 4.21. The zero-order valence-electron chi connectivity index (χ0n) is 9.47. The SMILES string of the molecule is COc1ccc(C[C@@H]2[C@@H](O)CCN2P)cc1. The number of aliphatic hydroxyl groups excluding tert-OH is 1. The van der Waals surface area contributed by atoms with Crippen LogP contribution in [0.25, 0.3) is 0 Å². The van der Waals surface area contributed by atoms with Gasteiger partial charge in [0.1, 0.15) is 5.75 Å². The molecule has 3 nitrogen and oxygen atoms in total. The van der Waals surface area contributed by atoms with E-state index in [0.29, 0.717) is 0 Å². The molecule has 4 heteroatoms. The number of ether oxygens (including phenoxy) is 1. The fourth-order valence-corrected chi connectivity index (χ4v) is 2.57. The molecule has 1 aromatic rings. The summed E-state index contributed by atoms with van der Waals surface area (Å²) in [5, 5.41) is 9.84. The maximum absolute atomic E-state index is 9.84. The largest absolute Gasteiger partial charge is 0.497 e. The molecule has 3 atom stereocenters. The van der Waals surface area contributed by atoms with Crippen molar-refractivity contribution in [2.24, 2.45) is 0 Å². The molecule has 16 heavy (non-hydrogen) atoms. The van der Waals surface area contributed by atoms with Gasteiger partial charge in [-0.05, 0) is 30.5 Å². The first-order valence-electron chi connectivity index (χ1n) is 5.53. The van der Waals surface area contributed by atoms with Crippen molar-refractivity contribution in [3.8, 4) is 5.75 Å². The molecule has 1 aromatic carbocycles. The molecule has 1 aliphatic heterocycles. The molecule has 2 rings (SSSR count). The monoisotopic (exact) mass is 239 g/mol. The van der Waals surface area contributed by atoms with Gasteiger partial charge < -0.3 is 9.84 Å². The Hall–Kier alpha value is -0.630. The highest BCUT2D eigenvalue weighted by molar-refractivity contribution is 7.13. The summed E-state index contributed by atoms with van der Waals surface area (Å²) in [7, 11) is 4.37. The number of hydrogen-bond acceptors (Lipinski definition) is 3. The van der Waals surface area contributed by atoms with Crippen LogP contribution in [0.5, 0.6) is 5.75 Å². The van der Waals surface area contributed by atoms with Crippen LogP contribution in [-0.4, -0.2) is 35.6 Å². The summed E-state index contributed by atoms with van der Waals surface area (Å²) in [6, 6.07) is 8.26. The fourth-order valence-electron chi connectivity index (χ4n) is 2.12.